The third-order valence-corrected chi connectivity index (χ3v) is 5.49. The number of pyridine rings is 1. The van der Waals surface area contributed by atoms with Crippen LogP contribution >= 0.6 is 0 Å². The average Bonchev–Trinajstić information content (AvgIpc) is 3.11. The second-order valence-corrected chi connectivity index (χ2v) is 7.71. The highest BCUT2D eigenvalue weighted by Gasteiger charge is 2.17. The number of rotatable bonds is 8. The Bertz CT molecular complexity index is 924. The summed E-state index contributed by atoms with van der Waals surface area (Å²) >= 11 is 0. The van der Waals surface area contributed by atoms with Crippen molar-refractivity contribution in [3.63, 3.8) is 0 Å². The molecule has 0 fully saturated rings. The van der Waals surface area contributed by atoms with Crippen LogP contribution in [0.5, 0.6) is 0 Å². The maximum Gasteiger partial charge on any atom is 0.240 e. The molecule has 0 radical (unpaired) electrons. The van der Waals surface area contributed by atoms with Gasteiger partial charge in [-0.25, -0.2) is 13.1 Å². The first-order valence-corrected chi connectivity index (χ1v) is 9.61. The molecule has 7 heteroatoms. The Kier molecular flexibility index (Phi) is 5.47. The van der Waals surface area contributed by atoms with E-state index in [-0.39, 0.29) is 10.9 Å². The number of nitrogens with one attached hydrogen (secondary N) is 2. The van der Waals surface area contributed by atoms with Crippen molar-refractivity contribution >= 4 is 20.8 Å². The second kappa shape index (κ2) is 7.77. The van der Waals surface area contributed by atoms with E-state index in [1.165, 1.54) is 0 Å². The molecule has 0 aliphatic carbocycles. The minimum absolute atomic E-state index is 0.220. The Morgan fingerprint density at radius 1 is 1.20 bits per heavy atom. The summed E-state index contributed by atoms with van der Waals surface area (Å²) in [5.41, 5.74) is 1.12. The van der Waals surface area contributed by atoms with Crippen LogP contribution in [0.15, 0.2) is 64.6 Å². The summed E-state index contributed by atoms with van der Waals surface area (Å²) in [6.45, 7) is 3.15. The molecule has 0 amide bonds. The molecule has 2 heterocycles. The van der Waals surface area contributed by atoms with Gasteiger partial charge in [0.15, 0.2) is 0 Å². The lowest BCUT2D eigenvalue weighted by molar-refractivity contribution is 0.535. The summed E-state index contributed by atoms with van der Waals surface area (Å²) in [7, 11) is -3.56. The monoisotopic (exact) mass is 359 g/mol. The average molecular weight is 359 g/mol. The van der Waals surface area contributed by atoms with Gasteiger partial charge in [0.2, 0.25) is 10.0 Å². The van der Waals surface area contributed by atoms with Gasteiger partial charge >= 0.3 is 0 Å². The Balaban J connectivity index is 1.56. The highest BCUT2D eigenvalue weighted by Crippen LogP contribution is 2.18. The molecular weight excluding hydrogens is 338 g/mol. The predicted octanol–water partition coefficient (Wildman–Crippen LogP) is 2.33. The molecule has 0 bridgehead atoms. The van der Waals surface area contributed by atoms with Crippen LogP contribution in [0.1, 0.15) is 12.5 Å². The normalized spacial score (nSPS) is 13.2. The van der Waals surface area contributed by atoms with Crippen molar-refractivity contribution in [2.45, 2.75) is 24.3 Å². The minimum Gasteiger partial charge on any atom is -0.472 e. The zero-order chi connectivity index (χ0) is 17.7. The van der Waals surface area contributed by atoms with E-state index in [1.807, 2.05) is 13.0 Å². The fourth-order valence-corrected chi connectivity index (χ4v) is 3.87. The molecule has 3 aromatic rings. The van der Waals surface area contributed by atoms with Gasteiger partial charge in [-0.05, 0) is 55.1 Å². The number of sulfonamides is 1. The van der Waals surface area contributed by atoms with Gasteiger partial charge in [0.05, 0.1) is 17.4 Å². The smallest absolute Gasteiger partial charge is 0.240 e. The van der Waals surface area contributed by atoms with Crippen LogP contribution in [-0.4, -0.2) is 32.5 Å². The Hall–Kier alpha value is -2.22. The van der Waals surface area contributed by atoms with E-state index in [1.54, 1.807) is 49.2 Å². The van der Waals surface area contributed by atoms with Crippen molar-refractivity contribution in [2.75, 3.05) is 13.1 Å². The maximum atomic E-state index is 12.5. The summed E-state index contributed by atoms with van der Waals surface area (Å²) in [6.07, 6.45) is 7.56. The van der Waals surface area contributed by atoms with Crippen LogP contribution in [0.25, 0.3) is 10.8 Å². The van der Waals surface area contributed by atoms with Crippen LogP contribution in [0, 0.1) is 0 Å². The van der Waals surface area contributed by atoms with Crippen LogP contribution in [0.2, 0.25) is 0 Å². The molecule has 0 saturated carbocycles. The number of benzene rings is 1. The number of nitrogens with zero attached hydrogens (tertiary/aromatic N) is 1. The minimum atomic E-state index is -3.56. The zero-order valence-corrected chi connectivity index (χ0v) is 14.8. The standard InChI is InChI=1S/C18H21N3O3S/c1-14(11-19-7-4-15-6-9-24-13-15)21-25(22,23)18-3-2-17-12-20-8-5-16(17)10-18/h2-3,5-6,8-10,12-14,19,21H,4,7,11H2,1H3. The molecular formula is C18H21N3O3S. The van der Waals surface area contributed by atoms with Gasteiger partial charge in [-0.15, -0.1) is 0 Å². The Labute approximate surface area is 147 Å². The maximum absolute atomic E-state index is 12.5. The van der Waals surface area contributed by atoms with Gasteiger partial charge in [0, 0.05) is 30.4 Å². The molecule has 3 rings (SSSR count). The third kappa shape index (κ3) is 4.66. The van der Waals surface area contributed by atoms with Gasteiger partial charge < -0.3 is 9.73 Å². The van der Waals surface area contributed by atoms with Crippen LogP contribution in [0.4, 0.5) is 0 Å². The molecule has 2 aromatic heterocycles. The molecule has 0 aliphatic heterocycles. The Morgan fingerprint density at radius 2 is 2.08 bits per heavy atom. The zero-order valence-electron chi connectivity index (χ0n) is 14.0. The summed E-state index contributed by atoms with van der Waals surface area (Å²) in [4.78, 5) is 4.29. The largest absolute Gasteiger partial charge is 0.472 e. The van der Waals surface area contributed by atoms with E-state index >= 15 is 0 Å². The second-order valence-electron chi connectivity index (χ2n) is 5.99. The van der Waals surface area contributed by atoms with E-state index in [0.29, 0.717) is 6.54 Å². The lowest BCUT2D eigenvalue weighted by Crippen LogP contribution is -2.40. The lowest BCUT2D eigenvalue weighted by Gasteiger charge is -2.15. The summed E-state index contributed by atoms with van der Waals surface area (Å²) in [5.74, 6) is 0. The van der Waals surface area contributed by atoms with Crippen molar-refractivity contribution < 1.29 is 12.8 Å². The summed E-state index contributed by atoms with van der Waals surface area (Å²) in [5, 5.41) is 5.01. The fraction of sp³-hybridized carbons (Fsp3) is 0.278. The highest BCUT2D eigenvalue weighted by atomic mass is 32.2. The molecule has 132 valence electrons. The predicted molar refractivity (Wildman–Crippen MR) is 96.8 cm³/mol. The number of furan rings is 1. The third-order valence-electron chi connectivity index (χ3n) is 3.90. The lowest BCUT2D eigenvalue weighted by atomic mass is 10.2. The van der Waals surface area contributed by atoms with Crippen LogP contribution in [-0.2, 0) is 16.4 Å². The fourth-order valence-electron chi connectivity index (χ4n) is 2.59. The van der Waals surface area contributed by atoms with E-state index in [0.717, 1.165) is 29.3 Å². The number of fused-ring (bicyclic) bond motifs is 1. The van der Waals surface area contributed by atoms with E-state index in [9.17, 15) is 8.42 Å². The molecule has 2 N–H and O–H groups in total. The number of hydrogen-bond acceptors (Lipinski definition) is 5. The first kappa shape index (κ1) is 17.6. The van der Waals surface area contributed by atoms with Crippen molar-refractivity contribution in [3.05, 3.63) is 60.8 Å². The van der Waals surface area contributed by atoms with Crippen molar-refractivity contribution in [1.82, 2.24) is 15.0 Å². The van der Waals surface area contributed by atoms with Crippen molar-refractivity contribution in [1.29, 1.82) is 0 Å². The molecule has 0 spiro atoms. The first-order valence-electron chi connectivity index (χ1n) is 8.12. The van der Waals surface area contributed by atoms with E-state index < -0.39 is 10.0 Å². The molecule has 6 nitrogen and oxygen atoms in total. The molecule has 1 unspecified atom stereocenters. The molecule has 0 aliphatic rings. The Morgan fingerprint density at radius 3 is 2.88 bits per heavy atom. The van der Waals surface area contributed by atoms with Crippen molar-refractivity contribution in [3.8, 4) is 0 Å². The molecule has 25 heavy (non-hydrogen) atoms. The highest BCUT2D eigenvalue weighted by molar-refractivity contribution is 7.89. The van der Waals surface area contributed by atoms with Crippen LogP contribution in [0.3, 0.4) is 0 Å². The molecule has 0 saturated heterocycles. The topological polar surface area (TPSA) is 84.2 Å². The van der Waals surface area contributed by atoms with Gasteiger partial charge in [0.25, 0.3) is 0 Å². The van der Waals surface area contributed by atoms with Gasteiger partial charge in [-0.3, -0.25) is 4.98 Å². The quantitative estimate of drug-likeness (QED) is 0.603. The summed E-state index contributed by atoms with van der Waals surface area (Å²) in [6, 6.07) is 8.54. The molecule has 1 aromatic carbocycles. The van der Waals surface area contributed by atoms with Gasteiger partial charge in [-0.1, -0.05) is 6.07 Å². The van der Waals surface area contributed by atoms with Crippen LogP contribution < -0.4 is 10.0 Å². The van der Waals surface area contributed by atoms with Crippen molar-refractivity contribution in [2.24, 2.45) is 0 Å². The number of aromatic nitrogens is 1. The van der Waals surface area contributed by atoms with Gasteiger partial charge in [0.1, 0.15) is 0 Å². The molecule has 1 atom stereocenters. The SMILES string of the molecule is CC(CNCCc1ccoc1)NS(=O)(=O)c1ccc2cnccc2c1. The van der Waals surface area contributed by atoms with E-state index in [2.05, 4.69) is 15.0 Å². The number of hydrogen-bond donors (Lipinski definition) is 2. The summed E-state index contributed by atoms with van der Waals surface area (Å²) < 4.78 is 32.8. The first-order chi connectivity index (χ1) is 12.0. The van der Waals surface area contributed by atoms with Gasteiger partial charge in [-0.2, -0.15) is 0 Å². The van der Waals surface area contributed by atoms with E-state index in [4.69, 9.17) is 4.42 Å².